The van der Waals surface area contributed by atoms with Crippen LogP contribution < -0.4 is 5.73 Å². The molecule has 10 heteroatoms. The van der Waals surface area contributed by atoms with E-state index < -0.39 is 24.5 Å². The smallest absolute Gasteiger partial charge is 0.167 e. The van der Waals surface area contributed by atoms with E-state index in [2.05, 4.69) is 15.0 Å². The number of rotatable bonds is 3. The van der Waals surface area contributed by atoms with E-state index in [9.17, 15) is 5.11 Å². The Bertz CT molecular complexity index is 623. The zero-order valence-electron chi connectivity index (χ0n) is 10.1. The van der Waals surface area contributed by atoms with Gasteiger partial charge in [-0.2, -0.15) is 0 Å². The first-order valence-electron chi connectivity index (χ1n) is 5.82. The molecule has 0 amide bonds. The van der Waals surface area contributed by atoms with Crippen LogP contribution in [0.15, 0.2) is 12.7 Å². The first kappa shape index (κ1) is 13.5. The maximum atomic E-state index is 9.96. The average molecular weight is 302 g/mol. The highest BCUT2D eigenvalue weighted by molar-refractivity contribution is 6.07. The number of nitrogens with two attached hydrogens (primary N) is 1. The van der Waals surface area contributed by atoms with Gasteiger partial charge in [0.1, 0.15) is 24.1 Å². The monoisotopic (exact) mass is 301 g/mol. The van der Waals surface area contributed by atoms with E-state index in [4.69, 9.17) is 31.7 Å². The fourth-order valence-corrected chi connectivity index (χ4v) is 2.44. The lowest BCUT2D eigenvalue weighted by atomic mass is 10.1. The number of ether oxygens (including phenoxy) is 1. The molecule has 3 rings (SSSR count). The summed E-state index contributed by atoms with van der Waals surface area (Å²) in [5.41, 5.74) is 6.53. The van der Waals surface area contributed by atoms with E-state index in [1.807, 2.05) is 0 Å². The van der Waals surface area contributed by atoms with Crippen LogP contribution in [-0.2, 0) is 9.03 Å². The van der Waals surface area contributed by atoms with Gasteiger partial charge >= 0.3 is 0 Å². The number of hydrogen-bond acceptors (Lipinski definition) is 8. The highest BCUT2D eigenvalue weighted by Gasteiger charge is 2.46. The van der Waals surface area contributed by atoms with Crippen LogP contribution >= 0.6 is 11.9 Å². The molecule has 4 atom stereocenters. The molecular weight excluding hydrogens is 290 g/mol. The van der Waals surface area contributed by atoms with Gasteiger partial charge in [-0.25, -0.2) is 15.0 Å². The van der Waals surface area contributed by atoms with Crippen molar-refractivity contribution in [2.45, 2.75) is 24.5 Å². The molecule has 3 heterocycles. The van der Waals surface area contributed by atoms with Crippen molar-refractivity contribution >= 4 is 28.8 Å². The Balaban J connectivity index is 2.04. The Morgan fingerprint density at radius 3 is 2.95 bits per heavy atom. The zero-order valence-corrected chi connectivity index (χ0v) is 10.9. The van der Waals surface area contributed by atoms with Crippen molar-refractivity contribution in [3.8, 4) is 0 Å². The predicted octanol–water partition coefficient (Wildman–Crippen LogP) is -0.802. The summed E-state index contributed by atoms with van der Waals surface area (Å²) in [4.78, 5) is 12.0. The van der Waals surface area contributed by atoms with E-state index in [1.165, 1.54) is 17.2 Å². The maximum absolute atomic E-state index is 9.96. The lowest BCUT2D eigenvalue weighted by Crippen LogP contribution is -2.33. The molecule has 1 aliphatic heterocycles. The van der Waals surface area contributed by atoms with Crippen molar-refractivity contribution in [3.05, 3.63) is 12.7 Å². The van der Waals surface area contributed by atoms with E-state index in [0.29, 0.717) is 11.2 Å². The Morgan fingerprint density at radius 1 is 1.45 bits per heavy atom. The molecule has 2 unspecified atom stereocenters. The standard InChI is InChI=1S/C10H12ClN5O4/c11-20-7-6(18)4(1-17)19-10(7)16-3-15-5-8(12)13-2-14-9(5)16/h2-4,6-7,10,17-18H,1H2,(H2,12,13,14)/t4-,6?,7?,10-/m1/s1. The van der Waals surface area contributed by atoms with Crippen molar-refractivity contribution in [3.63, 3.8) is 0 Å². The largest absolute Gasteiger partial charge is 0.394 e. The second kappa shape index (κ2) is 5.11. The first-order valence-corrected chi connectivity index (χ1v) is 6.13. The normalized spacial score (nSPS) is 30.1. The number of anilines is 1. The van der Waals surface area contributed by atoms with Gasteiger partial charge in [-0.3, -0.25) is 8.86 Å². The topological polar surface area (TPSA) is 129 Å². The van der Waals surface area contributed by atoms with E-state index in [0.717, 1.165) is 0 Å². The highest BCUT2D eigenvalue weighted by Crippen LogP contribution is 2.34. The third-order valence-electron chi connectivity index (χ3n) is 3.26. The zero-order chi connectivity index (χ0) is 14.3. The lowest BCUT2D eigenvalue weighted by Gasteiger charge is -2.18. The van der Waals surface area contributed by atoms with Gasteiger partial charge in [-0.1, -0.05) is 0 Å². The molecule has 0 radical (unpaired) electrons. The van der Waals surface area contributed by atoms with Gasteiger partial charge in [0.15, 0.2) is 23.8 Å². The molecule has 1 saturated heterocycles. The molecule has 20 heavy (non-hydrogen) atoms. The van der Waals surface area contributed by atoms with Gasteiger partial charge < -0.3 is 20.7 Å². The molecule has 0 saturated carbocycles. The van der Waals surface area contributed by atoms with Crippen molar-refractivity contribution < 1.29 is 19.2 Å². The van der Waals surface area contributed by atoms with E-state index in [-0.39, 0.29) is 12.4 Å². The number of aromatic nitrogens is 4. The molecule has 2 aromatic heterocycles. The fraction of sp³-hybridized carbons (Fsp3) is 0.500. The molecular formula is C10H12ClN5O4. The van der Waals surface area contributed by atoms with E-state index >= 15 is 0 Å². The molecule has 2 aromatic rings. The molecule has 0 spiro atoms. The summed E-state index contributed by atoms with van der Waals surface area (Å²) in [6.45, 7) is -0.363. The predicted molar refractivity (Wildman–Crippen MR) is 67.5 cm³/mol. The molecule has 108 valence electrons. The van der Waals surface area contributed by atoms with E-state index in [1.54, 1.807) is 0 Å². The van der Waals surface area contributed by atoms with Crippen LogP contribution in [0.25, 0.3) is 11.2 Å². The van der Waals surface area contributed by atoms with Gasteiger partial charge in [0.05, 0.1) is 24.8 Å². The van der Waals surface area contributed by atoms with Crippen LogP contribution in [0.1, 0.15) is 6.23 Å². The van der Waals surface area contributed by atoms with Gasteiger partial charge in [0.25, 0.3) is 0 Å². The van der Waals surface area contributed by atoms with Gasteiger partial charge in [0.2, 0.25) is 0 Å². The van der Waals surface area contributed by atoms with Crippen LogP contribution in [0.2, 0.25) is 0 Å². The minimum Gasteiger partial charge on any atom is -0.394 e. The summed E-state index contributed by atoms with van der Waals surface area (Å²) >= 11 is 5.41. The molecule has 0 bridgehead atoms. The molecule has 0 aliphatic carbocycles. The SMILES string of the molecule is Nc1ncnc2c1ncn2[C@@H]1O[C@H](CO)C(O)C1OCl. The molecule has 4 N–H and O–H groups in total. The Morgan fingerprint density at radius 2 is 2.25 bits per heavy atom. The van der Waals surface area contributed by atoms with Crippen LogP contribution in [0.3, 0.4) is 0 Å². The van der Waals surface area contributed by atoms with Crippen molar-refractivity contribution in [1.29, 1.82) is 0 Å². The summed E-state index contributed by atoms with van der Waals surface area (Å²) in [5.74, 6) is 0.231. The Kier molecular flexibility index (Phi) is 3.44. The third kappa shape index (κ3) is 1.91. The van der Waals surface area contributed by atoms with Gasteiger partial charge in [-0.15, -0.1) is 0 Å². The summed E-state index contributed by atoms with van der Waals surface area (Å²) in [7, 11) is 0. The Labute approximate surface area is 118 Å². The second-order valence-corrected chi connectivity index (χ2v) is 4.55. The van der Waals surface area contributed by atoms with Crippen molar-refractivity contribution in [1.82, 2.24) is 19.5 Å². The number of imidazole rings is 1. The van der Waals surface area contributed by atoms with Crippen LogP contribution in [-0.4, -0.2) is 54.7 Å². The summed E-state index contributed by atoms with van der Waals surface area (Å²) in [6.07, 6.45) is -0.794. The summed E-state index contributed by atoms with van der Waals surface area (Å²) in [6, 6.07) is 0. The first-order chi connectivity index (χ1) is 9.67. The van der Waals surface area contributed by atoms with Crippen LogP contribution in [0.4, 0.5) is 5.82 Å². The third-order valence-corrected chi connectivity index (χ3v) is 3.46. The minimum atomic E-state index is -1.07. The average Bonchev–Trinajstić information content (AvgIpc) is 3.00. The lowest BCUT2D eigenvalue weighted by molar-refractivity contribution is -0.0482. The summed E-state index contributed by atoms with van der Waals surface area (Å²) in [5, 5.41) is 19.1. The number of nitrogen functional groups attached to an aromatic ring is 1. The summed E-state index contributed by atoms with van der Waals surface area (Å²) < 4.78 is 11.8. The van der Waals surface area contributed by atoms with Gasteiger partial charge in [-0.05, 0) is 0 Å². The second-order valence-electron chi connectivity index (χ2n) is 4.37. The number of halogens is 1. The highest BCUT2D eigenvalue weighted by atomic mass is 35.5. The van der Waals surface area contributed by atoms with Crippen LogP contribution in [0.5, 0.6) is 0 Å². The Hall–Kier alpha value is -1.52. The number of aliphatic hydroxyl groups is 2. The van der Waals surface area contributed by atoms with Crippen LogP contribution in [0, 0.1) is 0 Å². The molecule has 9 nitrogen and oxygen atoms in total. The molecule has 1 fully saturated rings. The number of hydrogen-bond donors (Lipinski definition) is 3. The fourth-order valence-electron chi connectivity index (χ4n) is 2.25. The molecule has 0 aromatic carbocycles. The van der Waals surface area contributed by atoms with Crippen molar-refractivity contribution in [2.24, 2.45) is 0 Å². The van der Waals surface area contributed by atoms with Crippen molar-refractivity contribution in [2.75, 3.05) is 12.3 Å². The van der Waals surface area contributed by atoms with Gasteiger partial charge in [0, 0.05) is 0 Å². The molecule has 1 aliphatic rings. The number of aliphatic hydroxyl groups excluding tert-OH is 2. The number of fused-ring (bicyclic) bond motifs is 1. The maximum Gasteiger partial charge on any atom is 0.167 e. The minimum absolute atomic E-state index is 0.231. The number of nitrogens with zero attached hydrogens (tertiary/aromatic N) is 4. The quantitative estimate of drug-likeness (QED) is 0.672.